The average molecular weight is 354 g/mol. The van der Waals surface area contributed by atoms with Crippen molar-refractivity contribution in [2.45, 2.75) is 33.2 Å². The normalized spacial score (nSPS) is 18.1. The van der Waals surface area contributed by atoms with Crippen molar-refractivity contribution in [3.8, 4) is 0 Å². The van der Waals surface area contributed by atoms with Crippen molar-refractivity contribution in [3.63, 3.8) is 0 Å². The molecule has 136 valence electrons. The smallest absolute Gasteiger partial charge is 0.227 e. The largest absolute Gasteiger partial charge is 0.349 e. The van der Waals surface area contributed by atoms with E-state index in [1.54, 1.807) is 18.2 Å². The molecule has 0 spiro atoms. The van der Waals surface area contributed by atoms with Crippen molar-refractivity contribution >= 4 is 17.5 Å². The zero-order valence-electron chi connectivity index (χ0n) is 15.3. The van der Waals surface area contributed by atoms with Crippen LogP contribution in [0.2, 0.25) is 0 Å². The van der Waals surface area contributed by atoms with Crippen molar-refractivity contribution in [2.24, 2.45) is 5.92 Å². The highest BCUT2D eigenvalue weighted by molar-refractivity contribution is 6.00. The predicted molar refractivity (Wildman–Crippen MR) is 99.3 cm³/mol. The molecule has 1 saturated heterocycles. The van der Waals surface area contributed by atoms with Gasteiger partial charge in [-0.3, -0.25) is 9.59 Å². The summed E-state index contributed by atoms with van der Waals surface area (Å²) in [6, 6.07) is 12.1. The van der Waals surface area contributed by atoms with Gasteiger partial charge in [0.2, 0.25) is 11.8 Å². The van der Waals surface area contributed by atoms with E-state index >= 15 is 0 Å². The lowest BCUT2D eigenvalue weighted by molar-refractivity contribution is -0.126. The molecule has 2 aromatic rings. The highest BCUT2D eigenvalue weighted by Crippen LogP contribution is 2.28. The van der Waals surface area contributed by atoms with Gasteiger partial charge in [0.05, 0.1) is 17.6 Å². The number of aryl methyl sites for hydroxylation is 2. The minimum absolute atomic E-state index is 0.0969. The van der Waals surface area contributed by atoms with Crippen LogP contribution in [0, 0.1) is 25.6 Å². The molecular weight excluding hydrogens is 331 g/mol. The first-order valence-corrected chi connectivity index (χ1v) is 8.79. The SMILES string of the molecule is Cc1ccc(C)c(C(C)NC(=O)C2CC(=O)N(c3ccccc3F)C2)c1. The Kier molecular flexibility index (Phi) is 5.07. The van der Waals surface area contributed by atoms with Gasteiger partial charge in [0.1, 0.15) is 5.82 Å². The number of hydrogen-bond acceptors (Lipinski definition) is 2. The molecule has 4 nitrogen and oxygen atoms in total. The number of carbonyl (C=O) groups excluding carboxylic acids is 2. The molecule has 1 N–H and O–H groups in total. The van der Waals surface area contributed by atoms with Gasteiger partial charge in [0.15, 0.2) is 0 Å². The average Bonchev–Trinajstić information content (AvgIpc) is 2.99. The Hall–Kier alpha value is -2.69. The maximum absolute atomic E-state index is 14.0. The Labute approximate surface area is 153 Å². The minimum Gasteiger partial charge on any atom is -0.349 e. The molecule has 1 heterocycles. The van der Waals surface area contributed by atoms with Crippen LogP contribution in [-0.2, 0) is 9.59 Å². The number of halogens is 1. The van der Waals surface area contributed by atoms with Crippen LogP contribution in [0.3, 0.4) is 0 Å². The van der Waals surface area contributed by atoms with Gasteiger partial charge < -0.3 is 10.2 Å². The quantitative estimate of drug-likeness (QED) is 0.911. The van der Waals surface area contributed by atoms with Gasteiger partial charge in [-0.05, 0) is 44.0 Å². The zero-order valence-corrected chi connectivity index (χ0v) is 15.3. The van der Waals surface area contributed by atoms with Crippen LogP contribution in [0.25, 0.3) is 0 Å². The summed E-state index contributed by atoms with van der Waals surface area (Å²) in [5.41, 5.74) is 3.54. The molecular formula is C21H23FN2O2. The lowest BCUT2D eigenvalue weighted by atomic mass is 9.99. The van der Waals surface area contributed by atoms with Crippen LogP contribution in [0.4, 0.5) is 10.1 Å². The molecule has 1 fully saturated rings. The third-order valence-corrected chi connectivity index (χ3v) is 4.90. The van der Waals surface area contributed by atoms with E-state index in [1.807, 2.05) is 32.9 Å². The van der Waals surface area contributed by atoms with Crippen LogP contribution in [0.5, 0.6) is 0 Å². The number of benzene rings is 2. The molecule has 0 saturated carbocycles. The Morgan fingerprint density at radius 3 is 2.69 bits per heavy atom. The van der Waals surface area contributed by atoms with E-state index in [1.165, 1.54) is 11.0 Å². The molecule has 2 aromatic carbocycles. The van der Waals surface area contributed by atoms with Crippen LogP contribution >= 0.6 is 0 Å². The fraction of sp³-hybridized carbons (Fsp3) is 0.333. The van der Waals surface area contributed by atoms with Crippen molar-refractivity contribution in [2.75, 3.05) is 11.4 Å². The lowest BCUT2D eigenvalue weighted by Crippen LogP contribution is -2.35. The van der Waals surface area contributed by atoms with Gasteiger partial charge in [-0.1, -0.05) is 35.9 Å². The summed E-state index contributed by atoms with van der Waals surface area (Å²) in [6.07, 6.45) is 0.0969. The second-order valence-corrected chi connectivity index (χ2v) is 6.95. The Morgan fingerprint density at radius 2 is 1.96 bits per heavy atom. The van der Waals surface area contributed by atoms with E-state index in [4.69, 9.17) is 0 Å². The number of hydrogen-bond donors (Lipinski definition) is 1. The molecule has 2 unspecified atom stereocenters. The monoisotopic (exact) mass is 354 g/mol. The van der Waals surface area contributed by atoms with Gasteiger partial charge in [-0.25, -0.2) is 4.39 Å². The molecule has 26 heavy (non-hydrogen) atoms. The first kappa shape index (κ1) is 18.1. The molecule has 1 aliphatic heterocycles. The molecule has 0 bridgehead atoms. The number of para-hydroxylation sites is 1. The first-order valence-electron chi connectivity index (χ1n) is 8.79. The summed E-state index contributed by atoms with van der Waals surface area (Å²) in [5.74, 6) is -1.33. The molecule has 1 aliphatic rings. The van der Waals surface area contributed by atoms with Crippen LogP contribution in [0.15, 0.2) is 42.5 Å². The molecule has 2 atom stereocenters. The Balaban J connectivity index is 1.70. The molecule has 0 aliphatic carbocycles. The van der Waals surface area contributed by atoms with Gasteiger partial charge in [-0.2, -0.15) is 0 Å². The van der Waals surface area contributed by atoms with Gasteiger partial charge in [-0.15, -0.1) is 0 Å². The molecule has 0 radical (unpaired) electrons. The van der Waals surface area contributed by atoms with Crippen molar-refractivity contribution in [1.82, 2.24) is 5.32 Å². The van der Waals surface area contributed by atoms with Gasteiger partial charge in [0.25, 0.3) is 0 Å². The number of rotatable bonds is 4. The van der Waals surface area contributed by atoms with E-state index in [-0.39, 0.29) is 36.5 Å². The van der Waals surface area contributed by atoms with Gasteiger partial charge in [0, 0.05) is 13.0 Å². The summed E-state index contributed by atoms with van der Waals surface area (Å²) >= 11 is 0. The fourth-order valence-corrected chi connectivity index (χ4v) is 3.42. The summed E-state index contributed by atoms with van der Waals surface area (Å²) < 4.78 is 14.0. The van der Waals surface area contributed by atoms with Crippen LogP contribution in [-0.4, -0.2) is 18.4 Å². The summed E-state index contributed by atoms with van der Waals surface area (Å²) in [7, 11) is 0. The Morgan fingerprint density at radius 1 is 1.23 bits per heavy atom. The number of nitrogens with one attached hydrogen (secondary N) is 1. The molecule has 5 heteroatoms. The maximum atomic E-state index is 14.0. The highest BCUT2D eigenvalue weighted by Gasteiger charge is 2.36. The number of anilines is 1. The van der Waals surface area contributed by atoms with E-state index in [0.29, 0.717) is 0 Å². The van der Waals surface area contributed by atoms with Crippen molar-refractivity contribution < 1.29 is 14.0 Å². The third kappa shape index (κ3) is 3.62. The second-order valence-electron chi connectivity index (χ2n) is 6.95. The minimum atomic E-state index is -0.477. The Bertz CT molecular complexity index is 850. The van der Waals surface area contributed by atoms with E-state index in [9.17, 15) is 14.0 Å². The first-order chi connectivity index (χ1) is 12.4. The second kappa shape index (κ2) is 7.28. The highest BCUT2D eigenvalue weighted by atomic mass is 19.1. The maximum Gasteiger partial charge on any atom is 0.227 e. The number of carbonyl (C=O) groups is 2. The van der Waals surface area contributed by atoms with Crippen molar-refractivity contribution in [3.05, 3.63) is 65.0 Å². The zero-order chi connectivity index (χ0) is 18.8. The third-order valence-electron chi connectivity index (χ3n) is 4.90. The van der Waals surface area contributed by atoms with E-state index < -0.39 is 11.7 Å². The number of amides is 2. The number of nitrogens with zero attached hydrogens (tertiary/aromatic N) is 1. The summed E-state index contributed by atoms with van der Waals surface area (Å²) in [4.78, 5) is 26.3. The molecule has 0 aromatic heterocycles. The summed E-state index contributed by atoms with van der Waals surface area (Å²) in [6.45, 7) is 6.16. The standard InChI is InChI=1S/C21H23FN2O2/c1-13-8-9-14(2)17(10-13)15(3)23-21(26)16-11-20(25)24(12-16)19-7-5-4-6-18(19)22/h4-10,15-16H,11-12H2,1-3H3,(H,23,26). The molecule has 2 amide bonds. The van der Waals surface area contributed by atoms with Crippen LogP contribution < -0.4 is 10.2 Å². The van der Waals surface area contributed by atoms with Gasteiger partial charge >= 0.3 is 0 Å². The lowest BCUT2D eigenvalue weighted by Gasteiger charge is -2.20. The van der Waals surface area contributed by atoms with E-state index in [2.05, 4.69) is 11.4 Å². The van der Waals surface area contributed by atoms with Crippen molar-refractivity contribution in [1.29, 1.82) is 0 Å². The summed E-state index contributed by atoms with van der Waals surface area (Å²) in [5, 5.41) is 3.00. The van der Waals surface area contributed by atoms with E-state index in [0.717, 1.165) is 16.7 Å². The topological polar surface area (TPSA) is 49.4 Å². The fourth-order valence-electron chi connectivity index (χ4n) is 3.42. The van der Waals surface area contributed by atoms with Crippen LogP contribution in [0.1, 0.15) is 36.1 Å². The predicted octanol–water partition coefficient (Wildman–Crippen LogP) is 3.67. The molecule has 3 rings (SSSR count).